The van der Waals surface area contributed by atoms with Crippen LogP contribution < -0.4 is 4.74 Å². The molecule has 7 heteroatoms. The number of hydrogen-bond acceptors (Lipinski definition) is 7. The Bertz CT molecular complexity index is 934. The fourth-order valence-electron chi connectivity index (χ4n) is 4.26. The van der Waals surface area contributed by atoms with Gasteiger partial charge in [-0.2, -0.15) is 0 Å². The Morgan fingerprint density at radius 2 is 2.00 bits per heavy atom. The average molecular weight is 382 g/mol. The van der Waals surface area contributed by atoms with E-state index in [0.29, 0.717) is 12.2 Å². The van der Waals surface area contributed by atoms with Crippen molar-refractivity contribution < 1.29 is 23.6 Å². The van der Waals surface area contributed by atoms with Crippen molar-refractivity contribution in [2.75, 3.05) is 21.2 Å². The molecule has 0 N–H and O–H groups in total. The number of rotatable bonds is 5. The van der Waals surface area contributed by atoms with Crippen LogP contribution in [-0.2, 0) is 16.1 Å². The summed E-state index contributed by atoms with van der Waals surface area (Å²) in [7, 11) is 5.15. The number of carbonyl (C=O) groups is 2. The maximum Gasteiger partial charge on any atom is 0.265 e. The number of Topliss-reactive ketones (excluding diaryl/α,β-unsaturated/α-hetero) is 1. The lowest BCUT2D eigenvalue weighted by molar-refractivity contribution is -0.141. The van der Waals surface area contributed by atoms with Crippen LogP contribution in [0, 0.1) is 5.92 Å². The first kappa shape index (κ1) is 18.6. The zero-order chi connectivity index (χ0) is 19.9. The zero-order valence-corrected chi connectivity index (χ0v) is 16.0. The minimum absolute atomic E-state index is 0.0907. The highest BCUT2D eigenvalue weighted by Gasteiger charge is 2.62. The van der Waals surface area contributed by atoms with E-state index in [-0.39, 0.29) is 29.9 Å². The summed E-state index contributed by atoms with van der Waals surface area (Å²) in [4.78, 5) is 28.3. The van der Waals surface area contributed by atoms with E-state index in [1.54, 1.807) is 6.08 Å². The van der Waals surface area contributed by atoms with Gasteiger partial charge in [-0.1, -0.05) is 36.4 Å². The molecule has 2 aliphatic rings. The molecule has 1 heterocycles. The molecule has 7 nitrogen and oxygen atoms in total. The molecule has 28 heavy (non-hydrogen) atoms. The normalized spacial score (nSPS) is 26.3. The van der Waals surface area contributed by atoms with E-state index in [0.717, 1.165) is 5.56 Å². The molecule has 0 aliphatic heterocycles. The second-order valence-electron chi connectivity index (χ2n) is 7.29. The third-order valence-corrected chi connectivity index (χ3v) is 5.55. The van der Waals surface area contributed by atoms with Crippen LogP contribution in [0.25, 0.3) is 0 Å². The van der Waals surface area contributed by atoms with Gasteiger partial charge < -0.3 is 14.0 Å². The van der Waals surface area contributed by atoms with E-state index in [2.05, 4.69) is 5.16 Å². The molecule has 0 fully saturated rings. The highest BCUT2D eigenvalue weighted by molar-refractivity contribution is 6.23. The Labute approximate surface area is 162 Å². The van der Waals surface area contributed by atoms with E-state index in [1.807, 2.05) is 49.3 Å². The number of benzene rings is 1. The van der Waals surface area contributed by atoms with Gasteiger partial charge in [0.05, 0.1) is 6.04 Å². The molecule has 0 spiro atoms. The monoisotopic (exact) mass is 382 g/mol. The highest BCUT2D eigenvalue weighted by atomic mass is 16.5. The first-order valence-corrected chi connectivity index (χ1v) is 9.14. The van der Waals surface area contributed by atoms with Gasteiger partial charge in [-0.15, -0.1) is 0 Å². The van der Waals surface area contributed by atoms with Crippen molar-refractivity contribution in [3.63, 3.8) is 0 Å². The third-order valence-electron chi connectivity index (χ3n) is 5.55. The van der Waals surface area contributed by atoms with Crippen molar-refractivity contribution in [3.8, 4) is 5.88 Å². The van der Waals surface area contributed by atoms with Crippen LogP contribution in [0.5, 0.6) is 5.88 Å². The van der Waals surface area contributed by atoms with E-state index < -0.39 is 17.3 Å². The van der Waals surface area contributed by atoms with Gasteiger partial charge in [0.1, 0.15) is 12.2 Å². The van der Waals surface area contributed by atoms with Gasteiger partial charge in [-0.25, -0.2) is 0 Å². The summed E-state index contributed by atoms with van der Waals surface area (Å²) in [5.74, 6) is -0.706. The molecule has 0 amide bonds. The standard InChI is InChI=1S/C21H22N2O5/c1-23(2)17-14-10-7-11-15(24)21(14,26-3)19(25)16-18(17)28-22-20(16)27-12-13-8-5-4-6-9-13/h4-9,11,14,17H,10,12H2,1-3H3/t14-,17-,21-/m0/s1. The minimum Gasteiger partial charge on any atom is -0.470 e. The van der Waals surface area contributed by atoms with Crippen LogP contribution in [0.4, 0.5) is 0 Å². The molecule has 0 radical (unpaired) electrons. The lowest BCUT2D eigenvalue weighted by atomic mass is 9.65. The van der Waals surface area contributed by atoms with Crippen LogP contribution in [-0.4, -0.2) is 48.4 Å². The molecule has 1 aromatic heterocycles. The molecule has 2 aromatic rings. The molecule has 0 bridgehead atoms. The van der Waals surface area contributed by atoms with Crippen molar-refractivity contribution in [1.29, 1.82) is 0 Å². The molecular weight excluding hydrogens is 360 g/mol. The minimum atomic E-state index is -1.59. The third kappa shape index (κ3) is 2.62. The molecule has 0 saturated heterocycles. The summed E-state index contributed by atoms with van der Waals surface area (Å²) < 4.78 is 17.0. The molecule has 2 aliphatic carbocycles. The van der Waals surface area contributed by atoms with Crippen LogP contribution in [0.3, 0.4) is 0 Å². The fraction of sp³-hybridized carbons (Fsp3) is 0.381. The maximum atomic E-state index is 13.5. The van der Waals surface area contributed by atoms with Gasteiger partial charge >= 0.3 is 0 Å². The lowest BCUT2D eigenvalue weighted by Gasteiger charge is -2.46. The SMILES string of the molecule is CO[C@]12C(=O)C=CC[C@H]1[C@H](N(C)C)c1onc(OCc3ccccc3)c1C2=O. The van der Waals surface area contributed by atoms with E-state index in [9.17, 15) is 9.59 Å². The van der Waals surface area contributed by atoms with E-state index in [1.165, 1.54) is 13.2 Å². The number of fused-ring (bicyclic) bond motifs is 2. The van der Waals surface area contributed by atoms with Crippen molar-refractivity contribution in [1.82, 2.24) is 10.1 Å². The van der Waals surface area contributed by atoms with Gasteiger partial charge in [0.2, 0.25) is 5.78 Å². The number of carbonyl (C=O) groups excluding carboxylic acids is 2. The van der Waals surface area contributed by atoms with Crippen molar-refractivity contribution in [2.45, 2.75) is 24.7 Å². The predicted octanol–water partition coefficient (Wildman–Crippen LogP) is 2.58. The number of aromatic nitrogens is 1. The Kier molecular flexibility index (Phi) is 4.64. The van der Waals surface area contributed by atoms with Gasteiger partial charge in [0.25, 0.3) is 5.88 Å². The molecule has 1 aromatic carbocycles. The van der Waals surface area contributed by atoms with Crippen molar-refractivity contribution in [3.05, 3.63) is 59.4 Å². The molecule has 0 saturated carbocycles. The summed E-state index contributed by atoms with van der Waals surface area (Å²) in [6.07, 6.45) is 3.73. The van der Waals surface area contributed by atoms with Crippen LogP contribution in [0.1, 0.15) is 34.1 Å². The Morgan fingerprint density at radius 1 is 1.25 bits per heavy atom. The van der Waals surface area contributed by atoms with Crippen LogP contribution >= 0.6 is 0 Å². The van der Waals surface area contributed by atoms with Gasteiger partial charge in [0.15, 0.2) is 17.1 Å². The molecule has 4 rings (SSSR count). The smallest absolute Gasteiger partial charge is 0.265 e. The second kappa shape index (κ2) is 7.00. The number of ketones is 2. The average Bonchev–Trinajstić information content (AvgIpc) is 3.11. The molecule has 3 atom stereocenters. The summed E-state index contributed by atoms with van der Waals surface area (Å²) in [6.45, 7) is 0.233. The van der Waals surface area contributed by atoms with E-state index in [4.69, 9.17) is 14.0 Å². The van der Waals surface area contributed by atoms with Gasteiger partial charge in [-0.3, -0.25) is 14.5 Å². The fourth-order valence-corrected chi connectivity index (χ4v) is 4.26. The van der Waals surface area contributed by atoms with Gasteiger partial charge in [-0.05, 0) is 37.3 Å². The first-order valence-electron chi connectivity index (χ1n) is 9.14. The van der Waals surface area contributed by atoms with Crippen LogP contribution in [0.15, 0.2) is 47.0 Å². The number of ether oxygens (including phenoxy) is 2. The Hall–Kier alpha value is -2.77. The summed E-state index contributed by atoms with van der Waals surface area (Å²) in [6, 6.07) is 9.21. The Morgan fingerprint density at radius 3 is 2.68 bits per heavy atom. The molecule has 0 unspecified atom stereocenters. The zero-order valence-electron chi connectivity index (χ0n) is 16.0. The molecular formula is C21H22N2O5. The molecule has 146 valence electrons. The number of hydrogen-bond donors (Lipinski definition) is 0. The van der Waals surface area contributed by atoms with Gasteiger partial charge in [0, 0.05) is 13.0 Å². The predicted molar refractivity (Wildman–Crippen MR) is 100 cm³/mol. The highest BCUT2D eigenvalue weighted by Crippen LogP contribution is 2.50. The van der Waals surface area contributed by atoms with Crippen molar-refractivity contribution in [2.24, 2.45) is 5.92 Å². The van der Waals surface area contributed by atoms with Crippen LogP contribution in [0.2, 0.25) is 0 Å². The summed E-state index contributed by atoms with van der Waals surface area (Å²) in [5.41, 5.74) is -0.466. The van der Waals surface area contributed by atoms with E-state index >= 15 is 0 Å². The maximum absolute atomic E-state index is 13.5. The number of nitrogens with zero attached hydrogens (tertiary/aromatic N) is 2. The second-order valence-corrected chi connectivity index (χ2v) is 7.29. The quantitative estimate of drug-likeness (QED) is 0.735. The summed E-state index contributed by atoms with van der Waals surface area (Å²) >= 11 is 0. The summed E-state index contributed by atoms with van der Waals surface area (Å²) in [5, 5.41) is 4.01. The number of allylic oxidation sites excluding steroid dienone is 1. The van der Waals surface area contributed by atoms with Crippen molar-refractivity contribution >= 4 is 11.6 Å². The first-order chi connectivity index (χ1) is 13.5. The lowest BCUT2D eigenvalue weighted by Crippen LogP contribution is -2.60. The topological polar surface area (TPSA) is 81.9 Å². The largest absolute Gasteiger partial charge is 0.470 e. The Balaban J connectivity index is 1.78. The number of methoxy groups -OCH3 is 1.